The van der Waals surface area contributed by atoms with Gasteiger partial charge in [-0.05, 0) is 30.0 Å². The van der Waals surface area contributed by atoms with Crippen LogP contribution < -0.4 is 10.0 Å². The number of amides is 1. The second-order valence-electron chi connectivity index (χ2n) is 4.76. The zero-order chi connectivity index (χ0) is 15.2. The highest BCUT2D eigenvalue weighted by molar-refractivity contribution is 7.89. The van der Waals surface area contributed by atoms with Gasteiger partial charge in [0.2, 0.25) is 15.9 Å². The van der Waals surface area contributed by atoms with Gasteiger partial charge >= 0.3 is 0 Å². The first-order valence-electron chi connectivity index (χ1n) is 6.71. The highest BCUT2D eigenvalue weighted by Crippen LogP contribution is 2.20. The standard InChI is InChI=1S/C14H22N2O3S/c1-4-11(2)13-5-7-14(8-6-13)20(18,19)16-10-9-15-12(3)17/h5-8,11,16H,4,9-10H2,1-3H3,(H,15,17). The molecule has 1 rings (SSSR count). The van der Waals surface area contributed by atoms with Crippen LogP contribution in [0.2, 0.25) is 0 Å². The molecule has 0 heterocycles. The summed E-state index contributed by atoms with van der Waals surface area (Å²) < 4.78 is 26.5. The topological polar surface area (TPSA) is 75.3 Å². The van der Waals surface area contributed by atoms with Gasteiger partial charge in [0.15, 0.2) is 0 Å². The molecule has 0 bridgehead atoms. The smallest absolute Gasteiger partial charge is 0.240 e. The summed E-state index contributed by atoms with van der Waals surface area (Å²) >= 11 is 0. The molecule has 1 unspecified atom stereocenters. The number of carbonyl (C=O) groups excluding carboxylic acids is 1. The Kier molecular flexibility index (Phi) is 6.16. The van der Waals surface area contributed by atoms with E-state index in [1.807, 2.05) is 12.1 Å². The van der Waals surface area contributed by atoms with E-state index in [1.54, 1.807) is 12.1 Å². The van der Waals surface area contributed by atoms with Gasteiger partial charge in [0.1, 0.15) is 0 Å². The minimum atomic E-state index is -3.51. The molecule has 0 fully saturated rings. The lowest BCUT2D eigenvalue weighted by molar-refractivity contribution is -0.118. The Morgan fingerprint density at radius 2 is 1.80 bits per heavy atom. The first kappa shape index (κ1) is 16.7. The molecule has 0 spiro atoms. The van der Waals surface area contributed by atoms with E-state index >= 15 is 0 Å². The summed E-state index contributed by atoms with van der Waals surface area (Å²) in [4.78, 5) is 10.9. The van der Waals surface area contributed by atoms with Crippen molar-refractivity contribution in [2.24, 2.45) is 0 Å². The number of sulfonamides is 1. The molecule has 112 valence electrons. The van der Waals surface area contributed by atoms with Crippen molar-refractivity contribution >= 4 is 15.9 Å². The van der Waals surface area contributed by atoms with Crippen molar-refractivity contribution in [1.29, 1.82) is 0 Å². The number of nitrogens with one attached hydrogen (secondary N) is 2. The first-order chi connectivity index (χ1) is 9.36. The largest absolute Gasteiger partial charge is 0.355 e. The van der Waals surface area contributed by atoms with Crippen molar-refractivity contribution in [3.63, 3.8) is 0 Å². The van der Waals surface area contributed by atoms with Crippen LogP contribution in [-0.4, -0.2) is 27.4 Å². The minimum Gasteiger partial charge on any atom is -0.355 e. The molecule has 0 saturated carbocycles. The van der Waals surface area contributed by atoms with E-state index in [9.17, 15) is 13.2 Å². The zero-order valence-electron chi connectivity index (χ0n) is 12.1. The first-order valence-corrected chi connectivity index (χ1v) is 8.19. The van der Waals surface area contributed by atoms with E-state index in [4.69, 9.17) is 0 Å². The number of carbonyl (C=O) groups is 1. The number of hydrogen-bond acceptors (Lipinski definition) is 3. The molecule has 0 aliphatic rings. The monoisotopic (exact) mass is 298 g/mol. The molecule has 20 heavy (non-hydrogen) atoms. The van der Waals surface area contributed by atoms with E-state index in [0.29, 0.717) is 5.92 Å². The molecular formula is C14H22N2O3S. The van der Waals surface area contributed by atoms with Crippen LogP contribution in [-0.2, 0) is 14.8 Å². The van der Waals surface area contributed by atoms with Crippen molar-refractivity contribution in [3.8, 4) is 0 Å². The van der Waals surface area contributed by atoms with Gasteiger partial charge in [-0.25, -0.2) is 13.1 Å². The van der Waals surface area contributed by atoms with E-state index < -0.39 is 10.0 Å². The molecule has 0 aliphatic carbocycles. The molecule has 2 N–H and O–H groups in total. The second kappa shape index (κ2) is 7.40. The Labute approximate surface area is 120 Å². The third-order valence-electron chi connectivity index (χ3n) is 3.16. The summed E-state index contributed by atoms with van der Waals surface area (Å²) in [5.41, 5.74) is 1.13. The maximum Gasteiger partial charge on any atom is 0.240 e. The van der Waals surface area contributed by atoms with Crippen LogP contribution in [0, 0.1) is 0 Å². The Balaban J connectivity index is 2.65. The molecule has 0 radical (unpaired) electrons. The van der Waals surface area contributed by atoms with Gasteiger partial charge in [-0.2, -0.15) is 0 Å². The van der Waals surface area contributed by atoms with Gasteiger partial charge in [-0.15, -0.1) is 0 Å². The third kappa shape index (κ3) is 4.94. The lowest BCUT2D eigenvalue weighted by Crippen LogP contribution is -2.33. The van der Waals surface area contributed by atoms with Crippen LogP contribution in [0.4, 0.5) is 0 Å². The van der Waals surface area contributed by atoms with E-state index in [-0.39, 0.29) is 23.9 Å². The molecule has 0 aliphatic heterocycles. The van der Waals surface area contributed by atoms with Crippen molar-refractivity contribution in [2.45, 2.75) is 38.0 Å². The fourth-order valence-electron chi connectivity index (χ4n) is 1.72. The molecule has 1 aromatic rings. The Morgan fingerprint density at radius 1 is 1.20 bits per heavy atom. The van der Waals surface area contributed by atoms with Gasteiger partial charge in [-0.1, -0.05) is 26.0 Å². The van der Waals surface area contributed by atoms with Gasteiger partial charge < -0.3 is 5.32 Å². The van der Waals surface area contributed by atoms with Gasteiger partial charge in [0, 0.05) is 20.0 Å². The molecule has 6 heteroatoms. The fourth-order valence-corrected chi connectivity index (χ4v) is 2.75. The van der Waals surface area contributed by atoms with E-state index in [1.165, 1.54) is 6.92 Å². The van der Waals surface area contributed by atoms with Gasteiger partial charge in [0.05, 0.1) is 4.90 Å². The van der Waals surface area contributed by atoms with Crippen LogP contribution >= 0.6 is 0 Å². The maximum atomic E-state index is 12.0. The predicted octanol–water partition coefficient (Wildman–Crippen LogP) is 1.61. The minimum absolute atomic E-state index is 0.176. The van der Waals surface area contributed by atoms with Crippen LogP contribution in [0.15, 0.2) is 29.2 Å². The summed E-state index contributed by atoms with van der Waals surface area (Å²) in [6.45, 7) is 6.05. The van der Waals surface area contributed by atoms with E-state index in [0.717, 1.165) is 12.0 Å². The Bertz CT molecular complexity index is 538. The maximum absolute atomic E-state index is 12.0. The second-order valence-corrected chi connectivity index (χ2v) is 6.53. The quantitative estimate of drug-likeness (QED) is 0.751. The molecule has 0 saturated heterocycles. The average molecular weight is 298 g/mol. The summed E-state index contributed by atoms with van der Waals surface area (Å²) in [5, 5.41) is 2.54. The lowest BCUT2D eigenvalue weighted by atomic mass is 9.99. The highest BCUT2D eigenvalue weighted by atomic mass is 32.2. The molecule has 0 aromatic heterocycles. The van der Waals surface area contributed by atoms with Crippen LogP contribution in [0.5, 0.6) is 0 Å². The van der Waals surface area contributed by atoms with Crippen molar-refractivity contribution in [3.05, 3.63) is 29.8 Å². The number of benzene rings is 1. The molecule has 1 amide bonds. The molecule has 1 atom stereocenters. The summed E-state index contributed by atoms with van der Waals surface area (Å²) in [6, 6.07) is 6.91. The van der Waals surface area contributed by atoms with E-state index in [2.05, 4.69) is 23.9 Å². The highest BCUT2D eigenvalue weighted by Gasteiger charge is 2.13. The van der Waals surface area contributed by atoms with Gasteiger partial charge in [-0.3, -0.25) is 4.79 Å². The predicted molar refractivity (Wildman–Crippen MR) is 79.0 cm³/mol. The Hall–Kier alpha value is -1.40. The van der Waals surface area contributed by atoms with Crippen LogP contribution in [0.3, 0.4) is 0 Å². The Morgan fingerprint density at radius 3 is 2.30 bits per heavy atom. The molecule has 1 aromatic carbocycles. The van der Waals surface area contributed by atoms with Crippen molar-refractivity contribution in [1.82, 2.24) is 10.0 Å². The summed E-state index contributed by atoms with van der Waals surface area (Å²) in [7, 11) is -3.51. The van der Waals surface area contributed by atoms with Gasteiger partial charge in [0.25, 0.3) is 0 Å². The number of rotatable bonds is 7. The molecular weight excluding hydrogens is 276 g/mol. The van der Waals surface area contributed by atoms with Crippen molar-refractivity contribution < 1.29 is 13.2 Å². The summed E-state index contributed by atoms with van der Waals surface area (Å²) in [6.07, 6.45) is 1.01. The molecule has 5 nitrogen and oxygen atoms in total. The van der Waals surface area contributed by atoms with Crippen molar-refractivity contribution in [2.75, 3.05) is 13.1 Å². The van der Waals surface area contributed by atoms with Crippen LogP contribution in [0.1, 0.15) is 38.7 Å². The fraction of sp³-hybridized carbons (Fsp3) is 0.500. The zero-order valence-corrected chi connectivity index (χ0v) is 13.0. The number of hydrogen-bond donors (Lipinski definition) is 2. The summed E-state index contributed by atoms with van der Waals surface area (Å²) in [5.74, 6) is 0.238. The lowest BCUT2D eigenvalue weighted by Gasteiger charge is -2.11. The van der Waals surface area contributed by atoms with Crippen LogP contribution in [0.25, 0.3) is 0 Å². The third-order valence-corrected chi connectivity index (χ3v) is 4.64. The SMILES string of the molecule is CCC(C)c1ccc(S(=O)(=O)NCCNC(C)=O)cc1. The normalized spacial score (nSPS) is 12.9. The average Bonchev–Trinajstić information content (AvgIpc) is 2.43.